The highest BCUT2D eigenvalue weighted by Crippen LogP contribution is 2.19. The van der Waals surface area contributed by atoms with Crippen LogP contribution in [-0.2, 0) is 9.59 Å². The lowest BCUT2D eigenvalue weighted by Crippen LogP contribution is -2.43. The minimum Gasteiger partial charge on any atom is -0.391 e. The van der Waals surface area contributed by atoms with Crippen LogP contribution in [0, 0.1) is 22.9 Å². The van der Waals surface area contributed by atoms with E-state index < -0.39 is 46.5 Å². The molecule has 0 aliphatic heterocycles. The van der Waals surface area contributed by atoms with Gasteiger partial charge in [-0.25, -0.2) is 13.2 Å². The Kier molecular flexibility index (Phi) is 5.54. The fourth-order valence-electron chi connectivity index (χ4n) is 1.37. The minimum absolute atomic E-state index is 0.185. The first kappa shape index (κ1) is 18.0. The zero-order valence-corrected chi connectivity index (χ0v) is 12.3. The third kappa shape index (κ3) is 4.73. The second kappa shape index (κ2) is 6.78. The molecule has 3 N–H and O–H groups in total. The Morgan fingerprint density at radius 2 is 1.64 bits per heavy atom. The van der Waals surface area contributed by atoms with Gasteiger partial charge in [0.2, 0.25) is 0 Å². The van der Waals surface area contributed by atoms with E-state index in [1.54, 1.807) is 20.8 Å². The number of hydrogen-bond acceptors (Lipinski definition) is 3. The molecule has 0 aromatic heterocycles. The predicted molar refractivity (Wildman–Crippen MR) is 73.4 cm³/mol. The molecule has 0 aliphatic rings. The Bertz CT molecular complexity index is 585. The number of hydrogen-bond donors (Lipinski definition) is 3. The molecule has 22 heavy (non-hydrogen) atoms. The summed E-state index contributed by atoms with van der Waals surface area (Å²) < 4.78 is 39.0. The molecule has 0 spiro atoms. The maximum atomic E-state index is 13.3. The maximum Gasteiger partial charge on any atom is 0.313 e. The Labute approximate surface area is 125 Å². The van der Waals surface area contributed by atoms with Gasteiger partial charge in [-0.15, -0.1) is 0 Å². The van der Waals surface area contributed by atoms with E-state index in [9.17, 15) is 27.9 Å². The molecule has 0 radical (unpaired) electrons. The van der Waals surface area contributed by atoms with Crippen molar-refractivity contribution in [3.63, 3.8) is 0 Å². The van der Waals surface area contributed by atoms with Crippen molar-refractivity contribution in [1.82, 2.24) is 5.32 Å². The third-order valence-electron chi connectivity index (χ3n) is 2.92. The van der Waals surface area contributed by atoms with Crippen molar-refractivity contribution < 1.29 is 27.9 Å². The van der Waals surface area contributed by atoms with Crippen LogP contribution in [0.25, 0.3) is 0 Å². The Hall–Kier alpha value is -2.09. The summed E-state index contributed by atoms with van der Waals surface area (Å²) in [7, 11) is 0. The molecule has 122 valence electrons. The molecular weight excluding hydrogens is 301 g/mol. The van der Waals surface area contributed by atoms with Gasteiger partial charge in [-0.3, -0.25) is 9.59 Å². The van der Waals surface area contributed by atoms with Gasteiger partial charge in [-0.1, -0.05) is 20.8 Å². The van der Waals surface area contributed by atoms with Crippen molar-refractivity contribution in [1.29, 1.82) is 0 Å². The second-order valence-electron chi connectivity index (χ2n) is 5.79. The van der Waals surface area contributed by atoms with Crippen LogP contribution >= 0.6 is 0 Å². The standard InChI is InChI=1S/C14H17F3N2O3/c1-14(2,3)11(20)6-18-12(21)13(22)19-10-5-8(16)7(15)4-9(10)17/h4-5,11,20H,6H2,1-3H3,(H,18,21)(H,19,22). The smallest absolute Gasteiger partial charge is 0.313 e. The number of amides is 2. The summed E-state index contributed by atoms with van der Waals surface area (Å²) in [6.45, 7) is 5.03. The lowest BCUT2D eigenvalue weighted by atomic mass is 9.89. The van der Waals surface area contributed by atoms with Gasteiger partial charge in [0.25, 0.3) is 0 Å². The van der Waals surface area contributed by atoms with Crippen LogP contribution < -0.4 is 10.6 Å². The molecule has 1 aromatic rings. The number of carbonyl (C=O) groups excluding carboxylic acids is 2. The summed E-state index contributed by atoms with van der Waals surface area (Å²) in [4.78, 5) is 23.1. The van der Waals surface area contributed by atoms with E-state index in [0.29, 0.717) is 6.07 Å². The number of rotatable bonds is 3. The normalized spacial score (nSPS) is 12.7. The number of anilines is 1. The fourth-order valence-corrected chi connectivity index (χ4v) is 1.37. The quantitative estimate of drug-likeness (QED) is 0.585. The van der Waals surface area contributed by atoms with Crippen LogP contribution in [0.3, 0.4) is 0 Å². The molecule has 0 fully saturated rings. The van der Waals surface area contributed by atoms with Crippen molar-refractivity contribution in [2.24, 2.45) is 5.41 Å². The number of benzene rings is 1. The first-order valence-electron chi connectivity index (χ1n) is 6.44. The van der Waals surface area contributed by atoms with Gasteiger partial charge >= 0.3 is 11.8 Å². The van der Waals surface area contributed by atoms with E-state index in [4.69, 9.17) is 0 Å². The van der Waals surface area contributed by atoms with Gasteiger partial charge in [0.1, 0.15) is 5.82 Å². The minimum atomic E-state index is -1.41. The fraction of sp³-hybridized carbons (Fsp3) is 0.429. The van der Waals surface area contributed by atoms with Gasteiger partial charge in [0.05, 0.1) is 11.8 Å². The summed E-state index contributed by atoms with van der Waals surface area (Å²) in [5.74, 6) is -6.37. The van der Waals surface area contributed by atoms with Crippen molar-refractivity contribution >= 4 is 17.5 Å². The molecule has 1 atom stereocenters. The highest BCUT2D eigenvalue weighted by molar-refractivity contribution is 6.39. The lowest BCUT2D eigenvalue weighted by Gasteiger charge is -2.25. The summed E-state index contributed by atoms with van der Waals surface area (Å²) in [5, 5.41) is 13.7. The highest BCUT2D eigenvalue weighted by Gasteiger charge is 2.24. The van der Waals surface area contributed by atoms with E-state index >= 15 is 0 Å². The largest absolute Gasteiger partial charge is 0.391 e. The lowest BCUT2D eigenvalue weighted by molar-refractivity contribution is -0.136. The van der Waals surface area contributed by atoms with E-state index in [1.807, 2.05) is 5.32 Å². The Balaban J connectivity index is 2.66. The first-order valence-corrected chi connectivity index (χ1v) is 6.44. The van der Waals surface area contributed by atoms with E-state index in [2.05, 4.69) is 5.32 Å². The monoisotopic (exact) mass is 318 g/mol. The average molecular weight is 318 g/mol. The molecule has 0 saturated heterocycles. The van der Waals surface area contributed by atoms with Crippen LogP contribution in [0.15, 0.2) is 12.1 Å². The van der Waals surface area contributed by atoms with Gasteiger partial charge < -0.3 is 15.7 Å². The number of aliphatic hydroxyl groups is 1. The molecule has 5 nitrogen and oxygen atoms in total. The molecule has 2 amide bonds. The van der Waals surface area contributed by atoms with Gasteiger partial charge in [-0.05, 0) is 5.41 Å². The summed E-state index contributed by atoms with van der Waals surface area (Å²) >= 11 is 0. The number of halogens is 3. The first-order chi connectivity index (χ1) is 10.0. The molecular formula is C14H17F3N2O3. The van der Waals surface area contributed by atoms with Gasteiger partial charge in [-0.2, -0.15) is 0 Å². The zero-order valence-electron chi connectivity index (χ0n) is 12.3. The third-order valence-corrected chi connectivity index (χ3v) is 2.92. The summed E-state index contributed by atoms with van der Waals surface area (Å²) in [6.07, 6.45) is -0.899. The van der Waals surface area contributed by atoms with Crippen molar-refractivity contribution in [2.45, 2.75) is 26.9 Å². The predicted octanol–water partition coefficient (Wildman–Crippen LogP) is 1.57. The SMILES string of the molecule is CC(C)(C)C(O)CNC(=O)C(=O)Nc1cc(F)c(F)cc1F. The molecule has 1 aromatic carbocycles. The number of nitrogens with one attached hydrogen (secondary N) is 2. The van der Waals surface area contributed by atoms with E-state index in [1.165, 1.54) is 0 Å². The van der Waals surface area contributed by atoms with Crippen LogP contribution in [-0.4, -0.2) is 29.6 Å². The molecule has 1 unspecified atom stereocenters. The zero-order chi connectivity index (χ0) is 17.1. The molecule has 8 heteroatoms. The molecule has 1 rings (SSSR count). The highest BCUT2D eigenvalue weighted by atomic mass is 19.2. The Morgan fingerprint density at radius 3 is 2.18 bits per heavy atom. The number of aliphatic hydroxyl groups excluding tert-OH is 1. The van der Waals surface area contributed by atoms with Crippen LogP contribution in [0.5, 0.6) is 0 Å². The van der Waals surface area contributed by atoms with E-state index in [0.717, 1.165) is 0 Å². The van der Waals surface area contributed by atoms with E-state index in [-0.39, 0.29) is 12.6 Å². The second-order valence-corrected chi connectivity index (χ2v) is 5.79. The van der Waals surface area contributed by atoms with Crippen molar-refractivity contribution in [3.8, 4) is 0 Å². The van der Waals surface area contributed by atoms with Crippen molar-refractivity contribution in [2.75, 3.05) is 11.9 Å². The Morgan fingerprint density at radius 1 is 1.09 bits per heavy atom. The van der Waals surface area contributed by atoms with Gasteiger partial charge in [0.15, 0.2) is 11.6 Å². The molecule has 0 heterocycles. The molecule has 0 bridgehead atoms. The maximum absolute atomic E-state index is 13.3. The van der Waals surface area contributed by atoms with Gasteiger partial charge in [0, 0.05) is 18.7 Å². The van der Waals surface area contributed by atoms with Crippen LogP contribution in [0.2, 0.25) is 0 Å². The molecule has 0 saturated carbocycles. The molecule has 0 aliphatic carbocycles. The van der Waals surface area contributed by atoms with Crippen molar-refractivity contribution in [3.05, 3.63) is 29.6 Å². The summed E-state index contributed by atoms with van der Waals surface area (Å²) in [6, 6.07) is 0.687. The number of carbonyl (C=O) groups is 2. The summed E-state index contributed by atoms with van der Waals surface area (Å²) in [5.41, 5.74) is -1.16. The van der Waals surface area contributed by atoms with Crippen LogP contribution in [0.4, 0.5) is 18.9 Å². The average Bonchev–Trinajstić information content (AvgIpc) is 2.40. The van der Waals surface area contributed by atoms with Crippen LogP contribution in [0.1, 0.15) is 20.8 Å². The topological polar surface area (TPSA) is 78.4 Å².